The van der Waals surface area contributed by atoms with Crippen LogP contribution in [0.2, 0.25) is 0 Å². The molecule has 11 heteroatoms. The first-order chi connectivity index (χ1) is 15.8. The summed E-state index contributed by atoms with van der Waals surface area (Å²) in [7, 11) is 6.18. The Morgan fingerprint density at radius 2 is 1.62 bits per heavy atom. The number of aliphatic hydroxyl groups excluding tert-OH is 1. The van der Waals surface area contributed by atoms with Gasteiger partial charge in [0, 0.05) is 17.3 Å². The standard InChI is InChI=1S/C23H27N3O6S.ClH/c1-12(27)20(24)23(28)26-16-8-13(6-7-17(16)29-2)15-11-25-33-22(15)14-9-18(30-3)21(32-5)19(10-14)31-4;/h6-12,20,27H,24H2,1-5H3,(H,26,28);1H. The second-order valence-corrected chi connectivity index (χ2v) is 7.95. The van der Waals surface area contributed by atoms with Crippen molar-refractivity contribution in [3.05, 3.63) is 36.5 Å². The summed E-state index contributed by atoms with van der Waals surface area (Å²) in [4.78, 5) is 13.3. The van der Waals surface area contributed by atoms with E-state index < -0.39 is 18.1 Å². The Bertz CT molecular complexity index is 1110. The SMILES string of the molecule is COc1ccc(-c2cnsc2-c2cc(OC)c(OC)c(OC)c2)cc1NC(=O)C(N)C(C)O.Cl. The molecule has 0 aliphatic rings. The van der Waals surface area contributed by atoms with Crippen molar-refractivity contribution in [2.75, 3.05) is 33.8 Å². The Morgan fingerprint density at radius 1 is 1.00 bits per heavy atom. The van der Waals surface area contributed by atoms with Crippen LogP contribution in [0.1, 0.15) is 6.92 Å². The highest BCUT2D eigenvalue weighted by molar-refractivity contribution is 7.10. The lowest BCUT2D eigenvalue weighted by Crippen LogP contribution is -2.43. The number of rotatable bonds is 9. The highest BCUT2D eigenvalue weighted by Gasteiger charge is 2.22. The number of carbonyl (C=O) groups excluding carboxylic acids is 1. The Hall–Kier alpha value is -3.05. The van der Waals surface area contributed by atoms with E-state index in [9.17, 15) is 9.90 Å². The fourth-order valence-electron chi connectivity index (χ4n) is 3.27. The van der Waals surface area contributed by atoms with Gasteiger partial charge in [0.2, 0.25) is 11.7 Å². The van der Waals surface area contributed by atoms with Crippen molar-refractivity contribution < 1.29 is 28.8 Å². The number of nitrogens with zero attached hydrogens (tertiary/aromatic N) is 1. The highest BCUT2D eigenvalue weighted by Crippen LogP contribution is 2.45. The summed E-state index contributed by atoms with van der Waals surface area (Å²) < 4.78 is 26.1. The normalized spacial score (nSPS) is 12.2. The molecule has 1 amide bonds. The van der Waals surface area contributed by atoms with Gasteiger partial charge in [-0.15, -0.1) is 12.4 Å². The molecule has 2 unspecified atom stereocenters. The molecule has 0 spiro atoms. The molecule has 184 valence electrons. The maximum absolute atomic E-state index is 12.4. The number of anilines is 1. The molecule has 3 aromatic rings. The van der Waals surface area contributed by atoms with Crippen molar-refractivity contribution in [3.63, 3.8) is 0 Å². The molecule has 34 heavy (non-hydrogen) atoms. The van der Waals surface area contributed by atoms with Crippen LogP contribution in [0.5, 0.6) is 23.0 Å². The van der Waals surface area contributed by atoms with Crippen molar-refractivity contribution >= 4 is 35.5 Å². The summed E-state index contributed by atoms with van der Waals surface area (Å²) in [6, 6.07) is 8.02. The van der Waals surface area contributed by atoms with Crippen LogP contribution in [-0.4, -0.2) is 56.0 Å². The number of aromatic nitrogens is 1. The molecular weight excluding hydrogens is 482 g/mol. The predicted molar refractivity (Wildman–Crippen MR) is 135 cm³/mol. The topological polar surface area (TPSA) is 125 Å². The summed E-state index contributed by atoms with van der Waals surface area (Å²) in [5.74, 6) is 1.50. The van der Waals surface area contributed by atoms with Crippen molar-refractivity contribution in [2.24, 2.45) is 5.73 Å². The van der Waals surface area contributed by atoms with E-state index in [-0.39, 0.29) is 12.4 Å². The van der Waals surface area contributed by atoms with E-state index in [0.717, 1.165) is 21.6 Å². The maximum atomic E-state index is 12.4. The molecule has 1 aromatic heterocycles. The minimum atomic E-state index is -1.07. The predicted octanol–water partition coefficient (Wildman–Crippen LogP) is 3.58. The van der Waals surface area contributed by atoms with E-state index >= 15 is 0 Å². The fourth-order valence-corrected chi connectivity index (χ4v) is 4.03. The van der Waals surface area contributed by atoms with Crippen molar-refractivity contribution in [2.45, 2.75) is 19.1 Å². The van der Waals surface area contributed by atoms with Gasteiger partial charge >= 0.3 is 0 Å². The molecule has 9 nitrogen and oxygen atoms in total. The van der Waals surface area contributed by atoms with Gasteiger partial charge in [-0.25, -0.2) is 0 Å². The zero-order chi connectivity index (χ0) is 24.1. The Kier molecular flexibility index (Phi) is 9.51. The molecule has 3 rings (SSSR count). The molecule has 2 aromatic carbocycles. The van der Waals surface area contributed by atoms with Crippen LogP contribution in [0, 0.1) is 0 Å². The molecule has 0 aliphatic carbocycles. The lowest BCUT2D eigenvalue weighted by Gasteiger charge is -2.17. The quantitative estimate of drug-likeness (QED) is 0.399. The third kappa shape index (κ3) is 5.53. The molecule has 0 bridgehead atoms. The van der Waals surface area contributed by atoms with Gasteiger partial charge in [-0.3, -0.25) is 4.79 Å². The number of ether oxygens (including phenoxy) is 4. The number of amides is 1. The van der Waals surface area contributed by atoms with Crippen LogP contribution in [0.25, 0.3) is 21.6 Å². The highest BCUT2D eigenvalue weighted by atomic mass is 35.5. The van der Waals surface area contributed by atoms with Crippen LogP contribution in [0.15, 0.2) is 36.5 Å². The first-order valence-electron chi connectivity index (χ1n) is 10.0. The summed E-state index contributed by atoms with van der Waals surface area (Å²) in [6.07, 6.45) is 0.755. The van der Waals surface area contributed by atoms with Gasteiger partial charge in [0.15, 0.2) is 11.5 Å². The molecule has 0 aliphatic heterocycles. The number of nitrogens with one attached hydrogen (secondary N) is 1. The second-order valence-electron chi connectivity index (χ2n) is 7.15. The minimum absolute atomic E-state index is 0. The van der Waals surface area contributed by atoms with E-state index in [1.807, 2.05) is 18.2 Å². The van der Waals surface area contributed by atoms with Crippen molar-refractivity contribution in [1.29, 1.82) is 0 Å². The van der Waals surface area contributed by atoms with E-state index in [2.05, 4.69) is 9.69 Å². The lowest BCUT2D eigenvalue weighted by molar-refractivity contribution is -0.119. The van der Waals surface area contributed by atoms with Gasteiger partial charge in [0.1, 0.15) is 11.8 Å². The second kappa shape index (κ2) is 11.9. The molecule has 0 saturated carbocycles. The molecule has 1 heterocycles. The zero-order valence-corrected chi connectivity index (χ0v) is 21.1. The third-order valence-corrected chi connectivity index (χ3v) is 5.94. The number of hydrogen-bond acceptors (Lipinski definition) is 9. The Balaban J connectivity index is 0.00000408. The summed E-state index contributed by atoms with van der Waals surface area (Å²) in [5.41, 5.74) is 8.67. The summed E-state index contributed by atoms with van der Waals surface area (Å²) in [6.45, 7) is 1.46. The zero-order valence-electron chi connectivity index (χ0n) is 19.4. The number of hydrogen-bond donors (Lipinski definition) is 3. The van der Waals surface area contributed by atoms with Crippen LogP contribution in [0.4, 0.5) is 5.69 Å². The molecule has 4 N–H and O–H groups in total. The minimum Gasteiger partial charge on any atom is -0.495 e. The number of methoxy groups -OCH3 is 4. The summed E-state index contributed by atoms with van der Waals surface area (Å²) in [5, 5.41) is 12.4. The number of aliphatic hydroxyl groups is 1. The maximum Gasteiger partial charge on any atom is 0.244 e. The molecule has 0 saturated heterocycles. The van der Waals surface area contributed by atoms with Gasteiger partial charge in [0.25, 0.3) is 0 Å². The van der Waals surface area contributed by atoms with E-state index in [4.69, 9.17) is 24.7 Å². The van der Waals surface area contributed by atoms with E-state index in [1.165, 1.54) is 25.6 Å². The first kappa shape index (κ1) is 27.2. The first-order valence-corrected chi connectivity index (χ1v) is 10.8. The number of halogens is 1. The average molecular weight is 510 g/mol. The fraction of sp³-hybridized carbons (Fsp3) is 0.304. The van der Waals surface area contributed by atoms with Crippen LogP contribution in [0.3, 0.4) is 0 Å². The van der Waals surface area contributed by atoms with Crippen molar-refractivity contribution in [3.8, 4) is 44.6 Å². The van der Waals surface area contributed by atoms with Crippen LogP contribution >= 0.6 is 23.9 Å². The van der Waals surface area contributed by atoms with Gasteiger partial charge < -0.3 is 35.1 Å². The van der Waals surface area contributed by atoms with Gasteiger partial charge in [-0.05, 0) is 48.3 Å². The van der Waals surface area contributed by atoms with Crippen molar-refractivity contribution in [1.82, 2.24) is 4.37 Å². The molecule has 0 fully saturated rings. The monoisotopic (exact) mass is 509 g/mol. The number of carbonyl (C=O) groups is 1. The van der Waals surface area contributed by atoms with Gasteiger partial charge in [0.05, 0.1) is 45.1 Å². The van der Waals surface area contributed by atoms with Gasteiger partial charge in [-0.1, -0.05) is 6.07 Å². The van der Waals surface area contributed by atoms with Crippen LogP contribution < -0.4 is 30.0 Å². The molecule has 0 radical (unpaired) electrons. The number of benzene rings is 2. The Morgan fingerprint density at radius 3 is 2.15 bits per heavy atom. The largest absolute Gasteiger partial charge is 0.495 e. The van der Waals surface area contributed by atoms with Gasteiger partial charge in [-0.2, -0.15) is 4.37 Å². The lowest BCUT2D eigenvalue weighted by atomic mass is 10.0. The average Bonchev–Trinajstić information content (AvgIpc) is 3.32. The Labute approximate surface area is 208 Å². The third-order valence-electron chi connectivity index (χ3n) is 5.09. The molecular formula is C23H28ClN3O6S. The molecule has 2 atom stereocenters. The van der Waals surface area contributed by atoms with E-state index in [0.29, 0.717) is 28.7 Å². The summed E-state index contributed by atoms with van der Waals surface area (Å²) >= 11 is 1.31. The van der Waals surface area contributed by atoms with E-state index in [1.54, 1.807) is 39.7 Å². The number of nitrogens with two attached hydrogens (primary N) is 1. The smallest absolute Gasteiger partial charge is 0.244 e. The van der Waals surface area contributed by atoms with Crippen LogP contribution in [-0.2, 0) is 4.79 Å².